The number of nitro benzene ring substituents is 1. The first kappa shape index (κ1) is 20.1. The maximum atomic E-state index is 13.3. The second-order valence-corrected chi connectivity index (χ2v) is 7.97. The zero-order chi connectivity index (χ0) is 21.3. The number of rotatable bonds is 4. The van der Waals surface area contributed by atoms with Gasteiger partial charge in [0.05, 0.1) is 21.3 Å². The third-order valence-corrected chi connectivity index (χ3v) is 5.76. The third-order valence-electron chi connectivity index (χ3n) is 5.43. The molecule has 1 saturated heterocycles. The minimum Gasteiger partial charge on any atom is -0.337 e. The SMILES string of the molecule is CC1CCN(C(=O)c2cc(-c3ccccc3Cl)nn2-c2cccc([N+](=O)[O-])c2)CC1. The van der Waals surface area contributed by atoms with Gasteiger partial charge in [-0.3, -0.25) is 14.9 Å². The molecule has 4 rings (SSSR count). The number of carbonyl (C=O) groups excluding carboxylic acids is 1. The minimum atomic E-state index is -0.463. The number of piperidine rings is 1. The van der Waals surface area contributed by atoms with Gasteiger partial charge in [0.1, 0.15) is 5.69 Å². The summed E-state index contributed by atoms with van der Waals surface area (Å²) in [7, 11) is 0. The molecule has 0 saturated carbocycles. The van der Waals surface area contributed by atoms with Gasteiger partial charge in [0.2, 0.25) is 0 Å². The Morgan fingerprint density at radius 1 is 1.13 bits per heavy atom. The van der Waals surface area contributed by atoms with E-state index >= 15 is 0 Å². The van der Waals surface area contributed by atoms with E-state index in [-0.39, 0.29) is 11.6 Å². The smallest absolute Gasteiger partial charge is 0.272 e. The summed E-state index contributed by atoms with van der Waals surface area (Å²) < 4.78 is 1.48. The van der Waals surface area contributed by atoms with Crippen LogP contribution < -0.4 is 0 Å². The van der Waals surface area contributed by atoms with Gasteiger partial charge >= 0.3 is 0 Å². The zero-order valence-electron chi connectivity index (χ0n) is 16.5. The van der Waals surface area contributed by atoms with Crippen LogP contribution in [0.3, 0.4) is 0 Å². The zero-order valence-corrected chi connectivity index (χ0v) is 17.2. The van der Waals surface area contributed by atoms with E-state index in [1.807, 2.05) is 23.1 Å². The first-order valence-electron chi connectivity index (χ1n) is 9.83. The molecule has 30 heavy (non-hydrogen) atoms. The lowest BCUT2D eigenvalue weighted by molar-refractivity contribution is -0.384. The number of non-ortho nitro benzene ring substituents is 1. The average Bonchev–Trinajstić information content (AvgIpc) is 3.19. The molecule has 0 spiro atoms. The second kappa shape index (κ2) is 8.28. The Kier molecular flexibility index (Phi) is 5.55. The highest BCUT2D eigenvalue weighted by Gasteiger charge is 2.26. The number of halogens is 1. The van der Waals surface area contributed by atoms with E-state index in [1.54, 1.807) is 24.3 Å². The van der Waals surface area contributed by atoms with Crippen molar-refractivity contribution >= 4 is 23.2 Å². The summed E-state index contributed by atoms with van der Waals surface area (Å²) in [5.74, 6) is 0.452. The van der Waals surface area contributed by atoms with Crippen LogP contribution in [0.25, 0.3) is 16.9 Å². The lowest BCUT2D eigenvalue weighted by Gasteiger charge is -2.30. The molecular weight excluding hydrogens is 404 g/mol. The molecule has 2 heterocycles. The van der Waals surface area contributed by atoms with Crippen LogP contribution in [0.1, 0.15) is 30.3 Å². The molecule has 8 heteroatoms. The molecule has 0 radical (unpaired) electrons. The first-order valence-corrected chi connectivity index (χ1v) is 10.2. The summed E-state index contributed by atoms with van der Waals surface area (Å²) in [6, 6.07) is 15.1. The van der Waals surface area contributed by atoms with Crippen LogP contribution in [-0.2, 0) is 0 Å². The average molecular weight is 425 g/mol. The molecule has 0 unspecified atom stereocenters. The van der Waals surface area contributed by atoms with Gasteiger partial charge in [0, 0.05) is 30.8 Å². The number of nitrogens with zero attached hydrogens (tertiary/aromatic N) is 4. The standard InChI is InChI=1S/C22H21ClN4O3/c1-15-9-11-25(12-10-15)22(28)21-14-20(18-7-2-3-8-19(18)23)24-26(21)16-5-4-6-17(13-16)27(29)30/h2-8,13-15H,9-12H2,1H3. The Balaban J connectivity index is 1.81. The number of carbonyl (C=O) groups is 1. The van der Waals surface area contributed by atoms with Crippen molar-refractivity contribution in [3.8, 4) is 16.9 Å². The van der Waals surface area contributed by atoms with Crippen molar-refractivity contribution in [1.82, 2.24) is 14.7 Å². The second-order valence-electron chi connectivity index (χ2n) is 7.56. The van der Waals surface area contributed by atoms with Crippen LogP contribution in [-0.4, -0.2) is 38.6 Å². The molecule has 1 aliphatic rings. The predicted octanol–water partition coefficient (Wildman–Crippen LogP) is 4.97. The summed E-state index contributed by atoms with van der Waals surface area (Å²) in [6.45, 7) is 3.55. The third kappa shape index (κ3) is 3.93. The molecular formula is C22H21ClN4O3. The van der Waals surface area contributed by atoms with Gasteiger partial charge in [-0.05, 0) is 37.0 Å². The summed E-state index contributed by atoms with van der Waals surface area (Å²) in [5.41, 5.74) is 1.99. The largest absolute Gasteiger partial charge is 0.337 e. The molecule has 3 aromatic rings. The molecule has 1 aromatic heterocycles. The molecule has 0 bridgehead atoms. The van der Waals surface area contributed by atoms with E-state index in [1.165, 1.54) is 16.8 Å². The Hall–Kier alpha value is -3.19. The number of hydrogen-bond donors (Lipinski definition) is 0. The van der Waals surface area contributed by atoms with Crippen molar-refractivity contribution in [3.63, 3.8) is 0 Å². The van der Waals surface area contributed by atoms with Crippen molar-refractivity contribution in [3.05, 3.63) is 75.4 Å². The summed E-state index contributed by atoms with van der Waals surface area (Å²) in [5, 5.41) is 16.4. The summed E-state index contributed by atoms with van der Waals surface area (Å²) in [6.07, 6.45) is 1.90. The number of hydrogen-bond acceptors (Lipinski definition) is 4. The highest BCUT2D eigenvalue weighted by molar-refractivity contribution is 6.33. The van der Waals surface area contributed by atoms with Crippen LogP contribution in [0.4, 0.5) is 5.69 Å². The summed E-state index contributed by atoms with van der Waals surface area (Å²) >= 11 is 6.34. The van der Waals surface area contributed by atoms with Crippen molar-refractivity contribution in [2.75, 3.05) is 13.1 Å². The van der Waals surface area contributed by atoms with Gasteiger partial charge in [-0.15, -0.1) is 0 Å². The van der Waals surface area contributed by atoms with Gasteiger partial charge in [0.15, 0.2) is 0 Å². The Morgan fingerprint density at radius 3 is 2.57 bits per heavy atom. The van der Waals surface area contributed by atoms with E-state index in [0.717, 1.165) is 12.8 Å². The van der Waals surface area contributed by atoms with Crippen LogP contribution in [0.15, 0.2) is 54.6 Å². The lowest BCUT2D eigenvalue weighted by atomic mass is 9.99. The van der Waals surface area contributed by atoms with Crippen LogP contribution >= 0.6 is 11.6 Å². The molecule has 0 N–H and O–H groups in total. The van der Waals surface area contributed by atoms with Gasteiger partial charge < -0.3 is 4.90 Å². The number of amides is 1. The monoisotopic (exact) mass is 424 g/mol. The molecule has 0 atom stereocenters. The van der Waals surface area contributed by atoms with E-state index < -0.39 is 4.92 Å². The maximum Gasteiger partial charge on any atom is 0.272 e. The van der Waals surface area contributed by atoms with Crippen molar-refractivity contribution in [1.29, 1.82) is 0 Å². The van der Waals surface area contributed by atoms with Crippen LogP contribution in [0, 0.1) is 16.0 Å². The van der Waals surface area contributed by atoms with E-state index in [4.69, 9.17) is 11.6 Å². The normalized spacial score (nSPS) is 14.7. The van der Waals surface area contributed by atoms with Crippen molar-refractivity contribution < 1.29 is 9.72 Å². The molecule has 2 aromatic carbocycles. The van der Waals surface area contributed by atoms with Gasteiger partial charge in [-0.2, -0.15) is 5.10 Å². The topological polar surface area (TPSA) is 81.3 Å². The molecule has 0 aliphatic carbocycles. The van der Waals surface area contributed by atoms with E-state index in [0.29, 0.717) is 46.7 Å². The van der Waals surface area contributed by atoms with Crippen molar-refractivity contribution in [2.24, 2.45) is 5.92 Å². The number of benzene rings is 2. The molecule has 1 amide bonds. The fraction of sp³-hybridized carbons (Fsp3) is 0.273. The highest BCUT2D eigenvalue weighted by atomic mass is 35.5. The molecule has 1 aliphatic heterocycles. The Morgan fingerprint density at radius 2 is 1.87 bits per heavy atom. The van der Waals surface area contributed by atoms with Crippen LogP contribution in [0.5, 0.6) is 0 Å². The lowest BCUT2D eigenvalue weighted by Crippen LogP contribution is -2.38. The molecule has 7 nitrogen and oxygen atoms in total. The van der Waals surface area contributed by atoms with Gasteiger partial charge in [-0.25, -0.2) is 4.68 Å². The fourth-order valence-corrected chi connectivity index (χ4v) is 3.88. The highest BCUT2D eigenvalue weighted by Crippen LogP contribution is 2.30. The van der Waals surface area contributed by atoms with E-state index in [2.05, 4.69) is 12.0 Å². The van der Waals surface area contributed by atoms with Crippen LogP contribution in [0.2, 0.25) is 5.02 Å². The Labute approximate surface area is 179 Å². The van der Waals surface area contributed by atoms with Crippen molar-refractivity contribution in [2.45, 2.75) is 19.8 Å². The first-order chi connectivity index (χ1) is 14.4. The van der Waals surface area contributed by atoms with E-state index in [9.17, 15) is 14.9 Å². The van der Waals surface area contributed by atoms with Gasteiger partial charge in [0.25, 0.3) is 11.6 Å². The number of aromatic nitrogens is 2. The quantitative estimate of drug-likeness (QED) is 0.437. The Bertz CT molecular complexity index is 1100. The minimum absolute atomic E-state index is 0.0625. The summed E-state index contributed by atoms with van der Waals surface area (Å²) in [4.78, 5) is 25.9. The van der Waals surface area contributed by atoms with Gasteiger partial charge in [-0.1, -0.05) is 42.8 Å². The molecule has 154 valence electrons. The fourth-order valence-electron chi connectivity index (χ4n) is 3.64. The number of nitro groups is 1. The number of likely N-dealkylation sites (tertiary alicyclic amines) is 1. The predicted molar refractivity (Wildman–Crippen MR) is 115 cm³/mol. The maximum absolute atomic E-state index is 13.3. The molecule has 1 fully saturated rings.